The molecule has 1 aromatic rings. The summed E-state index contributed by atoms with van der Waals surface area (Å²) in [5.74, 6) is -2.63. The van der Waals surface area contributed by atoms with Crippen LogP contribution in [0.2, 0.25) is 0 Å². The van der Waals surface area contributed by atoms with Crippen molar-refractivity contribution in [1.29, 1.82) is 0 Å². The van der Waals surface area contributed by atoms with Crippen molar-refractivity contribution in [2.75, 3.05) is 31.3 Å². The van der Waals surface area contributed by atoms with Crippen molar-refractivity contribution in [1.82, 2.24) is 15.2 Å². The van der Waals surface area contributed by atoms with Crippen LogP contribution in [0.25, 0.3) is 0 Å². The fourth-order valence-corrected chi connectivity index (χ4v) is 5.88. The van der Waals surface area contributed by atoms with E-state index in [2.05, 4.69) is 36.7 Å². The van der Waals surface area contributed by atoms with E-state index in [1.807, 2.05) is 0 Å². The molecule has 2 unspecified atom stereocenters. The van der Waals surface area contributed by atoms with Crippen LogP contribution in [0.15, 0.2) is 8.94 Å². The molecule has 16 heteroatoms. The SMILES string of the molecule is CON=C(C(=O)NC1C(=O)N2CC(CO)(C(=O)[O-])CS[C@H]12)c1nc(NC=O)sc1Br.[Na+]. The van der Waals surface area contributed by atoms with Crippen molar-refractivity contribution in [3.8, 4) is 0 Å². The molecular weight excluding hydrogens is 529 g/mol. The van der Waals surface area contributed by atoms with Crippen LogP contribution in [0.1, 0.15) is 5.69 Å². The second-order valence-corrected chi connectivity index (χ2v) is 9.79. The van der Waals surface area contributed by atoms with Crippen LogP contribution in [0, 0.1) is 5.41 Å². The number of aliphatic hydroxyl groups is 1. The van der Waals surface area contributed by atoms with Crippen LogP contribution in [-0.4, -0.2) is 82.3 Å². The molecule has 1 aromatic heterocycles. The average Bonchev–Trinajstić information content (AvgIpc) is 3.09. The molecular formula is C15H15BrN5NaO7S2. The average molecular weight is 544 g/mol. The number of carbonyl (C=O) groups excluding carboxylic acids is 4. The fraction of sp³-hybridized carbons (Fsp3) is 0.467. The van der Waals surface area contributed by atoms with E-state index in [9.17, 15) is 29.4 Å². The number of amides is 3. The maximum Gasteiger partial charge on any atom is 1.00 e. The number of thioether (sulfide) groups is 1. The first-order valence-corrected chi connectivity index (χ1v) is 11.0. The van der Waals surface area contributed by atoms with Gasteiger partial charge in [0.15, 0.2) is 10.8 Å². The van der Waals surface area contributed by atoms with Crippen LogP contribution in [0.4, 0.5) is 5.13 Å². The normalized spacial score (nSPS) is 24.9. The van der Waals surface area contributed by atoms with Gasteiger partial charge in [-0.3, -0.25) is 14.4 Å². The maximum atomic E-state index is 12.8. The van der Waals surface area contributed by atoms with Gasteiger partial charge >= 0.3 is 29.6 Å². The monoisotopic (exact) mass is 543 g/mol. The molecule has 3 amide bonds. The van der Waals surface area contributed by atoms with E-state index in [-0.39, 0.29) is 58.4 Å². The van der Waals surface area contributed by atoms with Crippen LogP contribution in [0.3, 0.4) is 0 Å². The Morgan fingerprint density at radius 1 is 1.55 bits per heavy atom. The minimum absolute atomic E-state index is 0. The van der Waals surface area contributed by atoms with Gasteiger partial charge < -0.3 is 35.4 Å². The molecule has 0 saturated carbocycles. The number of aliphatic hydroxyl groups excluding tert-OH is 1. The van der Waals surface area contributed by atoms with Gasteiger partial charge in [0.2, 0.25) is 12.3 Å². The summed E-state index contributed by atoms with van der Waals surface area (Å²) >= 11 is 5.43. The number of carboxylic acids is 1. The summed E-state index contributed by atoms with van der Waals surface area (Å²) in [6, 6.07) is -0.909. The summed E-state index contributed by atoms with van der Waals surface area (Å²) in [4.78, 5) is 57.4. The van der Waals surface area contributed by atoms with Crippen molar-refractivity contribution < 1.29 is 63.8 Å². The molecule has 162 valence electrons. The van der Waals surface area contributed by atoms with Gasteiger partial charge in [-0.1, -0.05) is 16.5 Å². The first kappa shape index (κ1) is 26.0. The number of nitrogens with one attached hydrogen (secondary N) is 2. The van der Waals surface area contributed by atoms with E-state index in [0.717, 1.165) is 23.1 Å². The first-order chi connectivity index (χ1) is 14.3. The Labute approximate surface area is 214 Å². The number of aliphatic carboxylic acids is 1. The number of rotatable bonds is 8. The molecule has 2 fully saturated rings. The van der Waals surface area contributed by atoms with E-state index in [1.54, 1.807) is 0 Å². The summed E-state index contributed by atoms with van der Waals surface area (Å²) in [6.07, 6.45) is 0.434. The standard InChI is InChI=1S/C15H16BrN5O7S2.Na/c1-28-20-7(6-9(16)30-14(19-6)17-5-23)10(24)18-8-11(25)21-2-15(3-22,13(26)27)4-29-12(8)21;/h5,8,12,22H,2-4H2,1H3,(H,18,24)(H,26,27)(H,17,19,23);/q;+1/p-1/t8?,12-,15?;/m1./s1. The number of carbonyl (C=O) groups is 4. The zero-order valence-corrected chi connectivity index (χ0v) is 21.5. The molecule has 3 rings (SSSR count). The Morgan fingerprint density at radius 3 is 2.84 bits per heavy atom. The predicted molar refractivity (Wildman–Crippen MR) is 107 cm³/mol. The number of β-lactam (4-membered cyclic amide) rings is 1. The molecule has 0 spiro atoms. The Morgan fingerprint density at radius 2 is 2.26 bits per heavy atom. The summed E-state index contributed by atoms with van der Waals surface area (Å²) in [7, 11) is 1.24. The maximum absolute atomic E-state index is 12.8. The van der Waals surface area contributed by atoms with Crippen molar-refractivity contribution in [2.24, 2.45) is 10.6 Å². The van der Waals surface area contributed by atoms with Crippen LogP contribution in [-0.2, 0) is 24.0 Å². The van der Waals surface area contributed by atoms with Gasteiger partial charge in [-0.15, -0.1) is 11.8 Å². The van der Waals surface area contributed by atoms with Gasteiger partial charge in [0.1, 0.15) is 28.0 Å². The molecule has 2 aliphatic rings. The molecule has 2 saturated heterocycles. The minimum Gasteiger partial charge on any atom is -0.549 e. The number of carboxylic acid groups (broad SMARTS) is 1. The number of hydrogen-bond donors (Lipinski definition) is 3. The fourth-order valence-electron chi connectivity index (χ4n) is 2.96. The van der Waals surface area contributed by atoms with Crippen LogP contribution < -0.4 is 45.3 Å². The number of thiazole rings is 1. The molecule has 3 atom stereocenters. The van der Waals surface area contributed by atoms with E-state index >= 15 is 0 Å². The van der Waals surface area contributed by atoms with Gasteiger partial charge in [0.05, 0.1) is 18.0 Å². The van der Waals surface area contributed by atoms with Crippen LogP contribution >= 0.6 is 39.0 Å². The Hall–Kier alpha value is -1.23. The Bertz CT molecular complexity index is 932. The Kier molecular flexibility index (Phi) is 8.89. The molecule has 0 aromatic carbocycles. The number of fused-ring (bicyclic) bond motifs is 1. The minimum atomic E-state index is -1.54. The summed E-state index contributed by atoms with van der Waals surface area (Å²) in [5.41, 5.74) is -1.65. The van der Waals surface area contributed by atoms with Gasteiger partial charge in [0, 0.05) is 12.3 Å². The molecule has 0 aliphatic carbocycles. The third-order valence-corrected chi connectivity index (χ3v) is 7.78. The zero-order chi connectivity index (χ0) is 22.1. The predicted octanol–water partition coefficient (Wildman–Crippen LogP) is -5.04. The van der Waals surface area contributed by atoms with Gasteiger partial charge in [-0.2, -0.15) is 0 Å². The zero-order valence-electron chi connectivity index (χ0n) is 16.3. The molecule has 0 radical (unpaired) electrons. The summed E-state index contributed by atoms with van der Waals surface area (Å²) < 4.78 is 0.410. The molecule has 3 N–H and O–H groups in total. The number of anilines is 1. The Balaban J connectivity index is 0.00000341. The number of hydrogen-bond acceptors (Lipinski definition) is 11. The third kappa shape index (κ3) is 4.91. The molecule has 12 nitrogen and oxygen atoms in total. The summed E-state index contributed by atoms with van der Waals surface area (Å²) in [6.45, 7) is -0.860. The van der Waals surface area contributed by atoms with Crippen molar-refractivity contribution in [3.63, 3.8) is 0 Å². The van der Waals surface area contributed by atoms with E-state index in [4.69, 9.17) is 4.84 Å². The number of nitrogens with zero attached hydrogens (tertiary/aromatic N) is 3. The van der Waals surface area contributed by atoms with Crippen molar-refractivity contribution in [2.45, 2.75) is 11.4 Å². The largest absolute Gasteiger partial charge is 1.00 e. The number of aromatic nitrogens is 1. The third-order valence-electron chi connectivity index (χ3n) is 4.56. The van der Waals surface area contributed by atoms with E-state index in [1.165, 1.54) is 12.0 Å². The van der Waals surface area contributed by atoms with Crippen LogP contribution in [0.5, 0.6) is 0 Å². The first-order valence-electron chi connectivity index (χ1n) is 8.31. The quantitative estimate of drug-likeness (QED) is 0.0952. The molecule has 31 heavy (non-hydrogen) atoms. The molecule has 3 heterocycles. The summed E-state index contributed by atoms with van der Waals surface area (Å²) in [5, 5.41) is 29.2. The smallest absolute Gasteiger partial charge is 0.549 e. The van der Waals surface area contributed by atoms with E-state index < -0.39 is 41.2 Å². The molecule has 0 bridgehead atoms. The van der Waals surface area contributed by atoms with E-state index in [0.29, 0.717) is 10.2 Å². The molecule has 2 aliphatic heterocycles. The topological polar surface area (TPSA) is 173 Å². The van der Waals surface area contributed by atoms with Gasteiger partial charge in [-0.25, -0.2) is 4.98 Å². The van der Waals surface area contributed by atoms with Gasteiger partial charge in [0.25, 0.3) is 5.91 Å². The number of halogens is 1. The second-order valence-electron chi connectivity index (χ2n) is 6.37. The second kappa shape index (κ2) is 10.6. The van der Waals surface area contributed by atoms with Crippen molar-refractivity contribution in [3.05, 3.63) is 9.48 Å². The number of oxime groups is 1. The van der Waals surface area contributed by atoms with Gasteiger partial charge in [-0.05, 0) is 15.9 Å². The van der Waals surface area contributed by atoms with Crippen molar-refractivity contribution >= 4 is 74.1 Å².